The lowest BCUT2D eigenvalue weighted by atomic mass is 9.58. The zero-order valence-electron chi connectivity index (χ0n) is 15.3. The van der Waals surface area contributed by atoms with Crippen molar-refractivity contribution in [3.05, 3.63) is 24.2 Å². The van der Waals surface area contributed by atoms with Crippen molar-refractivity contribution in [2.45, 2.75) is 44.3 Å². The number of amides is 1. The number of rotatable bonds is 7. The van der Waals surface area contributed by atoms with Gasteiger partial charge in [0.25, 0.3) is 0 Å². The van der Waals surface area contributed by atoms with E-state index in [0.29, 0.717) is 32.5 Å². The summed E-state index contributed by atoms with van der Waals surface area (Å²) in [5.74, 6) is 1.02. The van der Waals surface area contributed by atoms with Crippen LogP contribution in [0.3, 0.4) is 0 Å². The number of likely N-dealkylation sites (N-methyl/N-ethyl adjacent to an activating group) is 1. The molecule has 6 heteroatoms. The summed E-state index contributed by atoms with van der Waals surface area (Å²) >= 11 is 0. The van der Waals surface area contributed by atoms with Crippen LogP contribution in [-0.2, 0) is 16.0 Å². The molecule has 1 aromatic heterocycles. The van der Waals surface area contributed by atoms with Gasteiger partial charge in [0.1, 0.15) is 5.76 Å². The number of aliphatic hydroxyl groups is 1. The van der Waals surface area contributed by atoms with E-state index < -0.39 is 0 Å². The van der Waals surface area contributed by atoms with Gasteiger partial charge in [-0.15, -0.1) is 0 Å². The molecule has 1 saturated carbocycles. The van der Waals surface area contributed by atoms with Crippen LogP contribution in [0.1, 0.15) is 31.4 Å². The predicted molar refractivity (Wildman–Crippen MR) is 94.2 cm³/mol. The largest absolute Gasteiger partial charge is 0.469 e. The Morgan fingerprint density at radius 3 is 2.80 bits per heavy atom. The van der Waals surface area contributed by atoms with E-state index in [1.54, 1.807) is 6.26 Å². The van der Waals surface area contributed by atoms with Gasteiger partial charge >= 0.3 is 0 Å². The second-order valence-corrected chi connectivity index (χ2v) is 7.61. The van der Waals surface area contributed by atoms with Crippen molar-refractivity contribution in [2.75, 3.05) is 40.3 Å². The maximum atomic E-state index is 12.4. The molecule has 2 fully saturated rings. The molecule has 1 aliphatic carbocycles. The lowest BCUT2D eigenvalue weighted by molar-refractivity contribution is -0.212. The highest BCUT2D eigenvalue weighted by molar-refractivity contribution is 5.76. The van der Waals surface area contributed by atoms with E-state index in [9.17, 15) is 9.90 Å². The summed E-state index contributed by atoms with van der Waals surface area (Å²) in [6, 6.07) is 3.75. The highest BCUT2D eigenvalue weighted by atomic mass is 16.5. The fourth-order valence-corrected chi connectivity index (χ4v) is 4.01. The Bertz CT molecular complexity index is 550. The quantitative estimate of drug-likeness (QED) is 0.808. The number of nitrogens with zero attached hydrogens (tertiary/aromatic N) is 2. The second-order valence-electron chi connectivity index (χ2n) is 7.61. The monoisotopic (exact) mass is 350 g/mol. The predicted octanol–water partition coefficient (Wildman–Crippen LogP) is 1.53. The van der Waals surface area contributed by atoms with E-state index in [2.05, 4.69) is 4.90 Å². The Labute approximate surface area is 149 Å². The van der Waals surface area contributed by atoms with E-state index >= 15 is 0 Å². The van der Waals surface area contributed by atoms with Crippen molar-refractivity contribution in [2.24, 2.45) is 5.41 Å². The minimum atomic E-state index is -0.294. The Morgan fingerprint density at radius 1 is 1.44 bits per heavy atom. The summed E-state index contributed by atoms with van der Waals surface area (Å²) in [4.78, 5) is 16.4. The molecule has 0 unspecified atom stereocenters. The van der Waals surface area contributed by atoms with Gasteiger partial charge in [0.15, 0.2) is 0 Å². The van der Waals surface area contributed by atoms with Crippen LogP contribution >= 0.6 is 0 Å². The van der Waals surface area contributed by atoms with Crippen molar-refractivity contribution in [3.8, 4) is 0 Å². The number of aryl methyl sites for hydroxylation is 1. The third-order valence-corrected chi connectivity index (χ3v) is 5.81. The summed E-state index contributed by atoms with van der Waals surface area (Å²) in [6.07, 6.45) is 4.97. The first-order chi connectivity index (χ1) is 12.0. The number of carbonyl (C=O) groups excluding carboxylic acids is 1. The van der Waals surface area contributed by atoms with Crippen LogP contribution < -0.4 is 0 Å². The number of hydrogen-bond donors (Lipinski definition) is 1. The standard InChI is InChI=1S/C19H30N2O4/c1-20(2)11-13-25-17-14-16(22)19(17)7-9-21(10-8-19)18(23)6-5-15-4-3-12-24-15/h3-4,12,16-17,22H,5-11,13-14H2,1-2H3/t16-,17+/m0/s1. The zero-order chi connectivity index (χ0) is 17.9. The molecule has 1 aliphatic heterocycles. The second kappa shape index (κ2) is 7.89. The van der Waals surface area contributed by atoms with Gasteiger partial charge in [0.2, 0.25) is 5.91 Å². The fourth-order valence-electron chi connectivity index (χ4n) is 4.01. The first-order valence-corrected chi connectivity index (χ1v) is 9.26. The van der Waals surface area contributed by atoms with Crippen LogP contribution in [0.2, 0.25) is 0 Å². The Kier molecular flexibility index (Phi) is 5.81. The molecule has 0 aromatic carbocycles. The van der Waals surface area contributed by atoms with Gasteiger partial charge < -0.3 is 24.1 Å². The molecule has 2 heterocycles. The summed E-state index contributed by atoms with van der Waals surface area (Å²) in [5.41, 5.74) is -0.149. The minimum Gasteiger partial charge on any atom is -0.469 e. The van der Waals surface area contributed by atoms with Crippen molar-refractivity contribution < 1.29 is 19.1 Å². The van der Waals surface area contributed by atoms with Crippen LogP contribution in [0, 0.1) is 5.41 Å². The van der Waals surface area contributed by atoms with Crippen molar-refractivity contribution in [3.63, 3.8) is 0 Å². The number of piperidine rings is 1. The molecular formula is C19H30N2O4. The first-order valence-electron chi connectivity index (χ1n) is 9.26. The summed E-state index contributed by atoms with van der Waals surface area (Å²) < 4.78 is 11.3. The van der Waals surface area contributed by atoms with Gasteiger partial charge in [-0.1, -0.05) is 0 Å². The van der Waals surface area contributed by atoms with Gasteiger partial charge in [-0.3, -0.25) is 4.79 Å². The molecule has 25 heavy (non-hydrogen) atoms. The smallest absolute Gasteiger partial charge is 0.223 e. The molecule has 1 saturated heterocycles. The molecular weight excluding hydrogens is 320 g/mol. The minimum absolute atomic E-state index is 0.128. The highest BCUT2D eigenvalue weighted by Crippen LogP contribution is 2.51. The summed E-state index contributed by atoms with van der Waals surface area (Å²) in [6.45, 7) is 3.00. The lowest BCUT2D eigenvalue weighted by Gasteiger charge is -2.56. The lowest BCUT2D eigenvalue weighted by Crippen LogP contribution is -2.63. The van der Waals surface area contributed by atoms with Crippen molar-refractivity contribution in [1.29, 1.82) is 0 Å². The normalized spacial score (nSPS) is 25.4. The summed E-state index contributed by atoms with van der Waals surface area (Å²) in [7, 11) is 4.06. The average molecular weight is 350 g/mol. The highest BCUT2D eigenvalue weighted by Gasteiger charge is 2.56. The third kappa shape index (κ3) is 4.07. The maximum Gasteiger partial charge on any atom is 0.223 e. The van der Waals surface area contributed by atoms with Gasteiger partial charge in [0, 0.05) is 44.3 Å². The number of likely N-dealkylation sites (tertiary alicyclic amines) is 1. The van der Waals surface area contributed by atoms with Gasteiger partial charge in [-0.05, 0) is 39.1 Å². The molecule has 6 nitrogen and oxygen atoms in total. The SMILES string of the molecule is CN(C)CCO[C@@H]1C[C@H](O)C12CCN(C(=O)CCc1ccco1)CC2. The molecule has 1 N–H and O–H groups in total. The van der Waals surface area contributed by atoms with Crippen molar-refractivity contribution in [1.82, 2.24) is 9.80 Å². The van der Waals surface area contributed by atoms with E-state index in [-0.39, 0.29) is 23.5 Å². The number of ether oxygens (including phenoxy) is 1. The van der Waals surface area contributed by atoms with Crippen LogP contribution in [0.25, 0.3) is 0 Å². The topological polar surface area (TPSA) is 66.2 Å². The Morgan fingerprint density at radius 2 is 2.20 bits per heavy atom. The van der Waals surface area contributed by atoms with Crippen LogP contribution in [0.15, 0.2) is 22.8 Å². The molecule has 1 aromatic rings. The summed E-state index contributed by atoms with van der Waals surface area (Å²) in [5, 5.41) is 10.3. The van der Waals surface area contributed by atoms with E-state index in [1.165, 1.54) is 0 Å². The van der Waals surface area contributed by atoms with Crippen molar-refractivity contribution >= 4 is 5.91 Å². The molecule has 3 rings (SSSR count). The maximum absolute atomic E-state index is 12.4. The fraction of sp³-hybridized carbons (Fsp3) is 0.737. The Balaban J connectivity index is 1.45. The average Bonchev–Trinajstić information content (AvgIpc) is 3.12. The molecule has 0 radical (unpaired) electrons. The van der Waals surface area contributed by atoms with E-state index in [0.717, 1.165) is 31.6 Å². The van der Waals surface area contributed by atoms with Crippen LogP contribution in [0.4, 0.5) is 0 Å². The zero-order valence-corrected chi connectivity index (χ0v) is 15.3. The van der Waals surface area contributed by atoms with Gasteiger partial charge in [-0.2, -0.15) is 0 Å². The molecule has 1 amide bonds. The molecule has 1 spiro atoms. The molecule has 140 valence electrons. The number of hydrogen-bond acceptors (Lipinski definition) is 5. The number of carbonyl (C=O) groups is 1. The van der Waals surface area contributed by atoms with Gasteiger partial charge in [-0.25, -0.2) is 0 Å². The first kappa shape index (κ1) is 18.4. The van der Waals surface area contributed by atoms with Gasteiger partial charge in [0.05, 0.1) is 25.1 Å². The molecule has 2 aliphatic rings. The number of furan rings is 1. The van der Waals surface area contributed by atoms with E-state index in [1.807, 2.05) is 31.1 Å². The molecule has 2 atom stereocenters. The van der Waals surface area contributed by atoms with Crippen LogP contribution in [-0.4, -0.2) is 73.4 Å². The third-order valence-electron chi connectivity index (χ3n) is 5.81. The number of aliphatic hydroxyl groups excluding tert-OH is 1. The Hall–Kier alpha value is -1.37. The van der Waals surface area contributed by atoms with E-state index in [4.69, 9.17) is 9.15 Å². The molecule has 0 bridgehead atoms. The van der Waals surface area contributed by atoms with Crippen LogP contribution in [0.5, 0.6) is 0 Å².